The second-order valence-corrected chi connectivity index (χ2v) is 3.55. The molecule has 0 amide bonds. The lowest BCUT2D eigenvalue weighted by atomic mass is 10.2. The molecule has 0 heterocycles. The van der Waals surface area contributed by atoms with Gasteiger partial charge >= 0.3 is 5.97 Å². The summed E-state index contributed by atoms with van der Waals surface area (Å²) in [6.07, 6.45) is -1.35. The molecular formula is C4H10N2O5S. The van der Waals surface area contributed by atoms with Gasteiger partial charge in [0.15, 0.2) is 0 Å². The molecule has 2 unspecified atom stereocenters. The van der Waals surface area contributed by atoms with Crippen LogP contribution in [0, 0.1) is 0 Å². The molecule has 2 atom stereocenters. The number of nitrogens with one attached hydrogen (secondary N) is 1. The number of aliphatic carboxylic acids is 1. The quantitative estimate of drug-likeness (QED) is 0.400. The number of aliphatic hydroxyl groups is 1. The van der Waals surface area contributed by atoms with Crippen LogP contribution in [-0.2, 0) is 15.0 Å². The second-order valence-electron chi connectivity index (χ2n) is 2.22. The number of carboxylic acid groups (broad SMARTS) is 1. The van der Waals surface area contributed by atoms with Crippen molar-refractivity contribution in [2.45, 2.75) is 19.1 Å². The summed E-state index contributed by atoms with van der Waals surface area (Å²) in [5, 5.41) is 21.6. The molecule has 8 heteroatoms. The van der Waals surface area contributed by atoms with Crippen LogP contribution >= 0.6 is 0 Å². The largest absolute Gasteiger partial charge is 0.480 e. The lowest BCUT2D eigenvalue weighted by molar-refractivity contribution is -0.141. The third-order valence-corrected chi connectivity index (χ3v) is 1.62. The van der Waals surface area contributed by atoms with Gasteiger partial charge in [-0.05, 0) is 6.92 Å². The maximum Gasteiger partial charge on any atom is 0.324 e. The fraction of sp³-hybridized carbons (Fsp3) is 0.750. The molecule has 0 saturated carbocycles. The highest BCUT2D eigenvalue weighted by molar-refractivity contribution is 7.87. The third kappa shape index (κ3) is 4.23. The van der Waals surface area contributed by atoms with Crippen molar-refractivity contribution in [3.63, 3.8) is 0 Å². The van der Waals surface area contributed by atoms with Crippen molar-refractivity contribution in [3.8, 4) is 0 Å². The Kier molecular flexibility index (Phi) is 3.58. The minimum atomic E-state index is -4.10. The molecule has 0 spiro atoms. The van der Waals surface area contributed by atoms with Crippen LogP contribution in [0.25, 0.3) is 0 Å². The van der Waals surface area contributed by atoms with E-state index in [-0.39, 0.29) is 0 Å². The van der Waals surface area contributed by atoms with Gasteiger partial charge in [-0.25, -0.2) is 5.14 Å². The Hall–Kier alpha value is -0.700. The van der Waals surface area contributed by atoms with Crippen LogP contribution in [0.1, 0.15) is 6.92 Å². The first-order chi connectivity index (χ1) is 5.24. The van der Waals surface area contributed by atoms with Crippen LogP contribution < -0.4 is 9.86 Å². The summed E-state index contributed by atoms with van der Waals surface area (Å²) in [6, 6.07) is -1.61. The molecule has 5 N–H and O–H groups in total. The molecule has 7 nitrogen and oxygen atoms in total. The van der Waals surface area contributed by atoms with E-state index in [2.05, 4.69) is 5.14 Å². The summed E-state index contributed by atoms with van der Waals surface area (Å²) >= 11 is 0. The first kappa shape index (κ1) is 11.3. The Morgan fingerprint density at radius 2 is 2.00 bits per heavy atom. The lowest BCUT2D eigenvalue weighted by Gasteiger charge is -2.14. The predicted octanol–water partition coefficient (Wildman–Crippen LogP) is -2.39. The van der Waals surface area contributed by atoms with Gasteiger partial charge in [0, 0.05) is 0 Å². The number of carbonyl (C=O) groups is 1. The maximum atomic E-state index is 10.3. The number of nitrogens with two attached hydrogens (primary N) is 1. The van der Waals surface area contributed by atoms with E-state index in [9.17, 15) is 13.2 Å². The van der Waals surface area contributed by atoms with Gasteiger partial charge in [-0.3, -0.25) is 4.79 Å². The Balaban J connectivity index is 4.46. The molecule has 0 radical (unpaired) electrons. The standard InChI is InChI=1S/C4H10N2O5S/c1-2(7)3(4(8)9)6-12(5,10)11/h2-3,6-7H,1H3,(H,8,9)(H2,5,10,11). The van der Waals surface area contributed by atoms with Crippen molar-refractivity contribution in [1.82, 2.24) is 4.72 Å². The van der Waals surface area contributed by atoms with E-state index < -0.39 is 28.3 Å². The van der Waals surface area contributed by atoms with E-state index in [1.807, 2.05) is 0 Å². The Morgan fingerprint density at radius 3 is 2.08 bits per heavy atom. The van der Waals surface area contributed by atoms with Crippen LogP contribution in [0.3, 0.4) is 0 Å². The molecule has 0 bridgehead atoms. The summed E-state index contributed by atoms with van der Waals surface area (Å²) in [6.45, 7) is 1.14. The van der Waals surface area contributed by atoms with Crippen molar-refractivity contribution < 1.29 is 23.4 Å². The number of carboxylic acids is 1. The average Bonchev–Trinajstić information content (AvgIpc) is 1.79. The van der Waals surface area contributed by atoms with Gasteiger partial charge in [-0.2, -0.15) is 13.1 Å². The highest BCUT2D eigenvalue weighted by Gasteiger charge is 2.26. The Morgan fingerprint density at radius 1 is 1.58 bits per heavy atom. The molecule has 0 aromatic heterocycles. The third-order valence-electron chi connectivity index (χ3n) is 1.04. The number of aliphatic hydroxyl groups excluding tert-OH is 1. The average molecular weight is 198 g/mol. The molecule has 72 valence electrons. The number of rotatable bonds is 4. The first-order valence-corrected chi connectivity index (χ1v) is 4.49. The van der Waals surface area contributed by atoms with Gasteiger partial charge in [0.1, 0.15) is 6.04 Å². The van der Waals surface area contributed by atoms with Crippen molar-refractivity contribution >= 4 is 16.2 Å². The van der Waals surface area contributed by atoms with Crippen LogP contribution in [0.4, 0.5) is 0 Å². The van der Waals surface area contributed by atoms with Gasteiger partial charge in [-0.15, -0.1) is 0 Å². The van der Waals surface area contributed by atoms with Crippen LogP contribution in [-0.4, -0.2) is 36.7 Å². The highest BCUT2D eigenvalue weighted by Crippen LogP contribution is 1.93. The number of hydrogen-bond acceptors (Lipinski definition) is 4. The van der Waals surface area contributed by atoms with Gasteiger partial charge in [0.25, 0.3) is 10.2 Å². The topological polar surface area (TPSA) is 130 Å². The molecule has 0 rings (SSSR count). The highest BCUT2D eigenvalue weighted by atomic mass is 32.2. The van der Waals surface area contributed by atoms with E-state index in [0.717, 1.165) is 6.92 Å². The number of hydrogen-bond donors (Lipinski definition) is 4. The molecule has 0 fully saturated rings. The Labute approximate surface area is 69.4 Å². The van der Waals surface area contributed by atoms with Crippen LogP contribution in [0.2, 0.25) is 0 Å². The molecule has 0 aromatic rings. The van der Waals surface area contributed by atoms with Gasteiger partial charge < -0.3 is 10.2 Å². The molecule has 12 heavy (non-hydrogen) atoms. The van der Waals surface area contributed by atoms with Gasteiger partial charge in [-0.1, -0.05) is 0 Å². The van der Waals surface area contributed by atoms with Crippen molar-refractivity contribution in [1.29, 1.82) is 0 Å². The summed E-state index contributed by atoms with van der Waals surface area (Å²) in [5.41, 5.74) is 0. The molecule has 0 aliphatic carbocycles. The van der Waals surface area contributed by atoms with Crippen molar-refractivity contribution in [2.24, 2.45) is 5.14 Å². The molecule has 0 aliphatic rings. The van der Waals surface area contributed by atoms with E-state index >= 15 is 0 Å². The molecule has 0 aromatic carbocycles. The lowest BCUT2D eigenvalue weighted by Crippen LogP contribution is -2.49. The fourth-order valence-electron chi connectivity index (χ4n) is 0.532. The summed E-state index contributed by atoms with van der Waals surface area (Å²) in [5.74, 6) is -1.49. The zero-order chi connectivity index (χ0) is 9.94. The molecule has 0 aliphatic heterocycles. The maximum absolute atomic E-state index is 10.3. The Bertz CT molecular complexity index is 259. The zero-order valence-electron chi connectivity index (χ0n) is 6.26. The first-order valence-electron chi connectivity index (χ1n) is 2.95. The van der Waals surface area contributed by atoms with Crippen molar-refractivity contribution in [2.75, 3.05) is 0 Å². The normalized spacial score (nSPS) is 16.9. The molecule has 0 saturated heterocycles. The van der Waals surface area contributed by atoms with E-state index in [1.54, 1.807) is 4.72 Å². The van der Waals surface area contributed by atoms with E-state index in [1.165, 1.54) is 0 Å². The van der Waals surface area contributed by atoms with Gasteiger partial charge in [0.2, 0.25) is 0 Å². The molecular weight excluding hydrogens is 188 g/mol. The summed E-state index contributed by atoms with van der Waals surface area (Å²) in [4.78, 5) is 10.3. The fourth-order valence-corrected chi connectivity index (χ4v) is 1.18. The second kappa shape index (κ2) is 3.81. The zero-order valence-corrected chi connectivity index (χ0v) is 7.08. The van der Waals surface area contributed by atoms with Crippen LogP contribution in [0.15, 0.2) is 0 Å². The SMILES string of the molecule is CC(O)C(NS(N)(=O)=O)C(=O)O. The van der Waals surface area contributed by atoms with Crippen LogP contribution in [0.5, 0.6) is 0 Å². The van der Waals surface area contributed by atoms with E-state index in [0.29, 0.717) is 0 Å². The predicted molar refractivity (Wildman–Crippen MR) is 39.3 cm³/mol. The smallest absolute Gasteiger partial charge is 0.324 e. The summed E-state index contributed by atoms with van der Waals surface area (Å²) in [7, 11) is -4.10. The minimum Gasteiger partial charge on any atom is -0.480 e. The minimum absolute atomic E-state index is 1.14. The monoisotopic (exact) mass is 198 g/mol. The van der Waals surface area contributed by atoms with Gasteiger partial charge in [0.05, 0.1) is 6.10 Å². The van der Waals surface area contributed by atoms with Crippen molar-refractivity contribution in [3.05, 3.63) is 0 Å². The van der Waals surface area contributed by atoms with E-state index in [4.69, 9.17) is 10.2 Å². The summed E-state index contributed by atoms with van der Waals surface area (Å²) < 4.78 is 22.2.